The van der Waals surface area contributed by atoms with Crippen LogP contribution in [-0.4, -0.2) is 9.38 Å². The largest absolute Gasteiger partial charge is 0.291 e. The van der Waals surface area contributed by atoms with Crippen LogP contribution in [0.5, 0.6) is 0 Å². The summed E-state index contributed by atoms with van der Waals surface area (Å²) >= 11 is 1.85. The molecule has 0 saturated heterocycles. The first-order chi connectivity index (χ1) is 34.2. The summed E-state index contributed by atoms with van der Waals surface area (Å²) in [6.07, 6.45) is 0. The van der Waals surface area contributed by atoms with Gasteiger partial charge in [0.15, 0.2) is 5.65 Å². The van der Waals surface area contributed by atoms with E-state index in [9.17, 15) is 0 Å². The Balaban J connectivity index is 0.835. The molecular weight excluding hydrogens is 853 g/mol. The lowest BCUT2D eigenvalue weighted by molar-refractivity contribution is 0.768. The average Bonchev–Trinajstić information content (AvgIpc) is 4.07. The van der Waals surface area contributed by atoms with Crippen LogP contribution in [0, 0.1) is 0 Å². The highest BCUT2D eigenvalue weighted by atomic mass is 32.1. The Bertz CT molecular complexity index is 4340. The predicted octanol–water partition coefficient (Wildman–Crippen LogP) is 17.7. The third-order valence-corrected chi connectivity index (χ3v) is 16.2. The Kier molecular flexibility index (Phi) is 8.19. The molecule has 0 amide bonds. The standard InChI is InChI=1S/C66H40N2S/c1-3-17-52(18-4-1)66(53-19-5-2-6-20-53)58-22-12-11-21-54(58)55-35-49(31-32-59(55)66)43-25-23-41(24-26-43)42-27-29-44(30-28-42)61-40-57-56-36-47-15-9-10-16-48(47)39-63(56)69-64(57)65-67-60-37-50-33-45-13-7-8-14-46(45)34-51(50)38-62(60)68(61)65/h1-40H. The van der Waals surface area contributed by atoms with Gasteiger partial charge in [-0.3, -0.25) is 4.40 Å². The summed E-state index contributed by atoms with van der Waals surface area (Å²) in [5.41, 5.74) is 17.6. The number of thiophene rings is 1. The average molecular weight is 893 g/mol. The molecule has 69 heavy (non-hydrogen) atoms. The molecule has 15 rings (SSSR count). The van der Waals surface area contributed by atoms with Crippen molar-refractivity contribution < 1.29 is 0 Å². The molecule has 11 aromatic carbocycles. The minimum Gasteiger partial charge on any atom is -0.291 e. The summed E-state index contributed by atoms with van der Waals surface area (Å²) in [6, 6.07) is 90.0. The molecule has 0 bridgehead atoms. The number of nitrogens with zero attached hydrogens (tertiary/aromatic N) is 2. The van der Waals surface area contributed by atoms with Crippen LogP contribution in [0.3, 0.4) is 0 Å². The van der Waals surface area contributed by atoms with Gasteiger partial charge in [-0.15, -0.1) is 11.3 Å². The molecule has 0 saturated carbocycles. The maximum atomic E-state index is 5.46. The van der Waals surface area contributed by atoms with Crippen LogP contribution in [0.4, 0.5) is 0 Å². The van der Waals surface area contributed by atoms with Crippen LogP contribution < -0.4 is 0 Å². The highest BCUT2D eigenvalue weighted by Crippen LogP contribution is 2.56. The molecule has 0 N–H and O–H groups in total. The minimum absolute atomic E-state index is 0.401. The van der Waals surface area contributed by atoms with Crippen LogP contribution in [0.1, 0.15) is 22.3 Å². The number of imidazole rings is 1. The van der Waals surface area contributed by atoms with E-state index in [0.29, 0.717) is 0 Å². The number of pyridine rings is 1. The fourth-order valence-corrected chi connectivity index (χ4v) is 12.9. The van der Waals surface area contributed by atoms with Crippen LogP contribution in [0.2, 0.25) is 0 Å². The second-order valence-electron chi connectivity index (χ2n) is 18.7. The molecular formula is C66H40N2S. The molecule has 1 aliphatic rings. The van der Waals surface area contributed by atoms with Crippen molar-refractivity contribution in [1.82, 2.24) is 9.38 Å². The minimum atomic E-state index is -0.401. The van der Waals surface area contributed by atoms with Gasteiger partial charge < -0.3 is 0 Å². The van der Waals surface area contributed by atoms with E-state index in [0.717, 1.165) is 27.9 Å². The van der Waals surface area contributed by atoms with Gasteiger partial charge in [-0.2, -0.15) is 0 Å². The van der Waals surface area contributed by atoms with Gasteiger partial charge in [0.25, 0.3) is 0 Å². The molecule has 3 heteroatoms. The molecule has 1 aliphatic carbocycles. The Labute approximate surface area is 402 Å². The van der Waals surface area contributed by atoms with Crippen molar-refractivity contribution in [3.8, 4) is 44.6 Å². The first kappa shape index (κ1) is 38.5. The van der Waals surface area contributed by atoms with Crippen molar-refractivity contribution in [2.45, 2.75) is 5.41 Å². The van der Waals surface area contributed by atoms with E-state index in [1.54, 1.807) is 0 Å². The fourth-order valence-electron chi connectivity index (χ4n) is 11.8. The van der Waals surface area contributed by atoms with Gasteiger partial charge in [-0.05, 0) is 142 Å². The van der Waals surface area contributed by atoms with Crippen LogP contribution in [0.15, 0.2) is 243 Å². The topological polar surface area (TPSA) is 17.3 Å². The zero-order valence-corrected chi connectivity index (χ0v) is 38.2. The second kappa shape index (κ2) is 14.7. The van der Waals surface area contributed by atoms with Gasteiger partial charge in [0.2, 0.25) is 0 Å². The number of aromatic nitrogens is 2. The number of fused-ring (bicyclic) bond motifs is 13. The third-order valence-electron chi connectivity index (χ3n) is 15.0. The van der Waals surface area contributed by atoms with E-state index in [1.165, 1.54) is 108 Å². The maximum Gasteiger partial charge on any atom is 0.156 e. The lowest BCUT2D eigenvalue weighted by Crippen LogP contribution is -2.28. The Morgan fingerprint density at radius 1 is 0.362 bits per heavy atom. The highest BCUT2D eigenvalue weighted by Gasteiger charge is 2.46. The van der Waals surface area contributed by atoms with Gasteiger partial charge in [0.1, 0.15) is 0 Å². The van der Waals surface area contributed by atoms with Gasteiger partial charge >= 0.3 is 0 Å². The van der Waals surface area contributed by atoms with E-state index in [-0.39, 0.29) is 0 Å². The van der Waals surface area contributed by atoms with Crippen molar-refractivity contribution in [3.63, 3.8) is 0 Å². The molecule has 3 aromatic heterocycles. The number of hydrogen-bond acceptors (Lipinski definition) is 2. The Morgan fingerprint density at radius 3 is 1.55 bits per heavy atom. The van der Waals surface area contributed by atoms with Crippen molar-refractivity contribution in [2.24, 2.45) is 0 Å². The smallest absolute Gasteiger partial charge is 0.156 e. The SMILES string of the molecule is c1ccc(C2(c3ccccc3)c3ccccc3-c3cc(-c4ccc(-c5ccc(-c6cc7c8cc9ccccc9cc8sc7c7nc8cc9cc%10ccccc%10cc9cc8n67)cc5)cc4)ccc32)cc1. The molecule has 0 aliphatic heterocycles. The number of hydrogen-bond donors (Lipinski definition) is 0. The van der Waals surface area contributed by atoms with E-state index in [4.69, 9.17) is 4.98 Å². The summed E-state index contributed by atoms with van der Waals surface area (Å²) in [6.45, 7) is 0. The monoisotopic (exact) mass is 892 g/mol. The lowest BCUT2D eigenvalue weighted by atomic mass is 9.67. The number of benzene rings is 11. The zero-order valence-electron chi connectivity index (χ0n) is 37.4. The van der Waals surface area contributed by atoms with Crippen molar-refractivity contribution in [2.75, 3.05) is 0 Å². The van der Waals surface area contributed by atoms with Gasteiger partial charge in [-0.25, -0.2) is 4.98 Å². The molecule has 2 nitrogen and oxygen atoms in total. The van der Waals surface area contributed by atoms with Crippen LogP contribution in [-0.2, 0) is 5.41 Å². The van der Waals surface area contributed by atoms with E-state index in [1.807, 2.05) is 11.3 Å². The Morgan fingerprint density at radius 2 is 0.884 bits per heavy atom. The van der Waals surface area contributed by atoms with E-state index >= 15 is 0 Å². The summed E-state index contributed by atoms with van der Waals surface area (Å²) in [5.74, 6) is 0. The molecule has 0 atom stereocenters. The lowest BCUT2D eigenvalue weighted by Gasteiger charge is -2.33. The first-order valence-corrected chi connectivity index (χ1v) is 24.6. The van der Waals surface area contributed by atoms with Gasteiger partial charge in [-0.1, -0.05) is 194 Å². The normalized spacial score (nSPS) is 13.0. The highest BCUT2D eigenvalue weighted by molar-refractivity contribution is 7.26. The molecule has 0 fully saturated rings. The first-order valence-electron chi connectivity index (χ1n) is 23.8. The van der Waals surface area contributed by atoms with Crippen molar-refractivity contribution >= 4 is 80.5 Å². The quantitative estimate of drug-likeness (QED) is 0.157. The second-order valence-corrected chi connectivity index (χ2v) is 19.7. The van der Waals surface area contributed by atoms with Crippen molar-refractivity contribution in [3.05, 3.63) is 265 Å². The zero-order chi connectivity index (χ0) is 45.2. The number of rotatable bonds is 5. The van der Waals surface area contributed by atoms with Crippen molar-refractivity contribution in [1.29, 1.82) is 0 Å². The van der Waals surface area contributed by atoms with Crippen LogP contribution in [0.25, 0.3) is 114 Å². The van der Waals surface area contributed by atoms with Gasteiger partial charge in [0, 0.05) is 15.5 Å². The summed E-state index contributed by atoms with van der Waals surface area (Å²) < 4.78 is 4.90. The molecule has 3 heterocycles. The van der Waals surface area contributed by atoms with E-state index < -0.39 is 5.41 Å². The molecule has 0 spiro atoms. The van der Waals surface area contributed by atoms with E-state index in [2.05, 4.69) is 247 Å². The molecule has 320 valence electrons. The molecule has 14 aromatic rings. The Hall–Kier alpha value is -8.63. The fraction of sp³-hybridized carbons (Fsp3) is 0.0152. The van der Waals surface area contributed by atoms with Gasteiger partial charge in [0.05, 0.1) is 26.8 Å². The van der Waals surface area contributed by atoms with Crippen LogP contribution >= 0.6 is 11.3 Å². The summed E-state index contributed by atoms with van der Waals surface area (Å²) in [7, 11) is 0. The summed E-state index contributed by atoms with van der Waals surface area (Å²) in [5, 5.41) is 9.94. The molecule has 0 unspecified atom stereocenters. The summed E-state index contributed by atoms with van der Waals surface area (Å²) in [4.78, 5) is 5.46. The predicted molar refractivity (Wildman–Crippen MR) is 292 cm³/mol. The molecule has 0 radical (unpaired) electrons. The third kappa shape index (κ3) is 5.69. The maximum absolute atomic E-state index is 5.46.